The highest BCUT2D eigenvalue weighted by molar-refractivity contribution is 6.03. The predicted octanol–water partition coefficient (Wildman–Crippen LogP) is 3.02. The minimum atomic E-state index is -0.556. The number of aliphatic imine (C=N–C) groups is 1. The normalized spacial score (nSPS) is 15.7. The van der Waals surface area contributed by atoms with Gasteiger partial charge in [0.2, 0.25) is 0 Å². The van der Waals surface area contributed by atoms with Gasteiger partial charge in [-0.05, 0) is 47.3 Å². The molecule has 0 fully saturated rings. The number of hydrogen-bond acceptors (Lipinski definition) is 2. The van der Waals surface area contributed by atoms with Crippen LogP contribution in [0.2, 0.25) is 0 Å². The summed E-state index contributed by atoms with van der Waals surface area (Å²) in [6.07, 6.45) is 12.0. The van der Waals surface area contributed by atoms with Crippen molar-refractivity contribution in [3.8, 4) is 6.07 Å². The Bertz CT molecular complexity index is 1030. The SMILES string of the molecule is N#Cc1c(F)cccc1C1=CC=CC2=C(C=C(C(=O)N=C(N)N)C=CC2)C1. The van der Waals surface area contributed by atoms with E-state index in [2.05, 4.69) is 4.99 Å². The van der Waals surface area contributed by atoms with Crippen molar-refractivity contribution in [3.05, 3.63) is 88.3 Å². The average Bonchev–Trinajstić information content (AvgIpc) is 2.93. The third-order valence-corrected chi connectivity index (χ3v) is 4.30. The van der Waals surface area contributed by atoms with E-state index in [0.717, 1.165) is 16.7 Å². The van der Waals surface area contributed by atoms with Crippen LogP contribution in [0, 0.1) is 17.1 Å². The summed E-state index contributed by atoms with van der Waals surface area (Å²) in [4.78, 5) is 15.8. The third-order valence-electron chi connectivity index (χ3n) is 4.30. The highest BCUT2D eigenvalue weighted by Crippen LogP contribution is 2.33. The summed E-state index contributed by atoms with van der Waals surface area (Å²) in [7, 11) is 0. The van der Waals surface area contributed by atoms with Crippen molar-refractivity contribution >= 4 is 17.4 Å². The van der Waals surface area contributed by atoms with Crippen LogP contribution in [0.25, 0.3) is 5.57 Å². The molecule has 0 aromatic heterocycles. The third kappa shape index (κ3) is 3.93. The Kier molecular flexibility index (Phi) is 5.13. The summed E-state index contributed by atoms with van der Waals surface area (Å²) in [5.74, 6) is -1.38. The van der Waals surface area contributed by atoms with Crippen LogP contribution in [0.4, 0.5) is 4.39 Å². The zero-order valence-electron chi connectivity index (χ0n) is 14.4. The number of nitrogens with two attached hydrogens (primary N) is 2. The molecule has 2 aliphatic carbocycles. The fourth-order valence-corrected chi connectivity index (χ4v) is 3.06. The molecule has 3 rings (SSSR count). The number of allylic oxidation sites excluding steroid dienone is 8. The Labute approximate surface area is 156 Å². The van der Waals surface area contributed by atoms with Gasteiger partial charge in [-0.3, -0.25) is 4.79 Å². The molecule has 1 aromatic carbocycles. The molecular formula is C21H17FN4O. The molecule has 0 saturated heterocycles. The molecule has 1 aromatic rings. The van der Waals surface area contributed by atoms with Crippen LogP contribution in [0.5, 0.6) is 0 Å². The quantitative estimate of drug-likeness (QED) is 0.624. The van der Waals surface area contributed by atoms with E-state index in [1.807, 2.05) is 30.4 Å². The molecule has 0 radical (unpaired) electrons. The second kappa shape index (κ2) is 7.67. The maximum atomic E-state index is 14.0. The minimum Gasteiger partial charge on any atom is -0.370 e. The van der Waals surface area contributed by atoms with Gasteiger partial charge in [-0.2, -0.15) is 10.3 Å². The van der Waals surface area contributed by atoms with Crippen LogP contribution in [-0.2, 0) is 4.79 Å². The van der Waals surface area contributed by atoms with Gasteiger partial charge in [-0.25, -0.2) is 4.39 Å². The molecule has 0 heterocycles. The number of carbonyl (C=O) groups excluding carboxylic acids is 1. The largest absolute Gasteiger partial charge is 0.370 e. The molecule has 0 bridgehead atoms. The van der Waals surface area contributed by atoms with Crippen LogP contribution in [0.1, 0.15) is 24.0 Å². The minimum absolute atomic E-state index is 0.00808. The summed E-state index contributed by atoms with van der Waals surface area (Å²) in [6.45, 7) is 0. The van der Waals surface area contributed by atoms with Crippen molar-refractivity contribution in [2.75, 3.05) is 0 Å². The molecule has 1 amide bonds. The van der Waals surface area contributed by atoms with Gasteiger partial charge < -0.3 is 11.5 Å². The number of nitriles is 1. The van der Waals surface area contributed by atoms with E-state index < -0.39 is 11.7 Å². The van der Waals surface area contributed by atoms with Crippen molar-refractivity contribution in [3.63, 3.8) is 0 Å². The maximum Gasteiger partial charge on any atom is 0.280 e. The molecule has 5 nitrogen and oxygen atoms in total. The molecular weight excluding hydrogens is 343 g/mol. The maximum absolute atomic E-state index is 14.0. The number of guanidine groups is 1. The lowest BCUT2D eigenvalue weighted by Gasteiger charge is -2.11. The first-order chi connectivity index (χ1) is 13.0. The zero-order chi connectivity index (χ0) is 19.4. The molecule has 4 N–H and O–H groups in total. The van der Waals surface area contributed by atoms with E-state index >= 15 is 0 Å². The van der Waals surface area contributed by atoms with Gasteiger partial charge in [0, 0.05) is 5.57 Å². The smallest absolute Gasteiger partial charge is 0.280 e. The zero-order valence-corrected chi connectivity index (χ0v) is 14.4. The van der Waals surface area contributed by atoms with Crippen LogP contribution >= 0.6 is 0 Å². The van der Waals surface area contributed by atoms with Gasteiger partial charge in [-0.15, -0.1) is 0 Å². The molecule has 0 spiro atoms. The van der Waals surface area contributed by atoms with Crippen LogP contribution in [0.15, 0.2) is 76.4 Å². The van der Waals surface area contributed by atoms with E-state index in [1.165, 1.54) is 6.07 Å². The first kappa shape index (κ1) is 18.1. The van der Waals surface area contributed by atoms with E-state index in [9.17, 15) is 14.4 Å². The van der Waals surface area contributed by atoms with Gasteiger partial charge in [0.15, 0.2) is 5.96 Å². The van der Waals surface area contributed by atoms with Crippen LogP contribution in [0.3, 0.4) is 0 Å². The summed E-state index contributed by atoms with van der Waals surface area (Å²) < 4.78 is 14.0. The van der Waals surface area contributed by atoms with E-state index in [1.54, 1.807) is 24.3 Å². The first-order valence-corrected chi connectivity index (χ1v) is 8.30. The number of halogens is 1. The Balaban J connectivity index is 2.02. The standard InChI is InChI=1S/C21H17FN4O/c22-19-9-3-8-17(18(19)12-23)14-6-1-4-13-5-2-7-15(11-16(13)10-14)20(27)26-21(24)25/h1-4,6-9,11H,5,10H2,(H4,24,25,26,27). The van der Waals surface area contributed by atoms with Crippen molar-refractivity contribution in [1.29, 1.82) is 5.26 Å². The summed E-state index contributed by atoms with van der Waals surface area (Å²) in [5, 5.41) is 9.32. The second-order valence-corrected chi connectivity index (χ2v) is 6.10. The highest BCUT2D eigenvalue weighted by Gasteiger charge is 2.18. The van der Waals surface area contributed by atoms with E-state index in [4.69, 9.17) is 11.5 Å². The molecule has 134 valence electrons. The summed E-state index contributed by atoms with van der Waals surface area (Å²) in [6, 6.07) is 6.49. The lowest BCUT2D eigenvalue weighted by Crippen LogP contribution is -2.24. The Morgan fingerprint density at radius 3 is 2.78 bits per heavy atom. The molecule has 6 heteroatoms. The fourth-order valence-electron chi connectivity index (χ4n) is 3.06. The predicted molar refractivity (Wildman–Crippen MR) is 103 cm³/mol. The fraction of sp³-hybridized carbons (Fsp3) is 0.0952. The molecule has 27 heavy (non-hydrogen) atoms. The van der Waals surface area contributed by atoms with Gasteiger partial charge in [0.05, 0.1) is 5.56 Å². The highest BCUT2D eigenvalue weighted by atomic mass is 19.1. The number of amides is 1. The molecule has 2 aliphatic rings. The van der Waals surface area contributed by atoms with Crippen molar-refractivity contribution < 1.29 is 9.18 Å². The first-order valence-electron chi connectivity index (χ1n) is 8.30. The van der Waals surface area contributed by atoms with Gasteiger partial charge in [0.25, 0.3) is 5.91 Å². The Morgan fingerprint density at radius 2 is 2.04 bits per heavy atom. The lowest BCUT2D eigenvalue weighted by atomic mass is 9.92. The summed E-state index contributed by atoms with van der Waals surface area (Å²) >= 11 is 0. The number of hydrogen-bond donors (Lipinski definition) is 2. The average molecular weight is 360 g/mol. The molecule has 0 unspecified atom stereocenters. The van der Waals surface area contributed by atoms with Crippen molar-refractivity contribution in [2.45, 2.75) is 12.8 Å². The monoisotopic (exact) mass is 360 g/mol. The lowest BCUT2D eigenvalue weighted by molar-refractivity contribution is -0.114. The second-order valence-electron chi connectivity index (χ2n) is 6.10. The van der Waals surface area contributed by atoms with Gasteiger partial charge in [-0.1, -0.05) is 42.5 Å². The Morgan fingerprint density at radius 1 is 1.22 bits per heavy atom. The van der Waals surface area contributed by atoms with Gasteiger partial charge >= 0.3 is 0 Å². The number of carbonyl (C=O) groups is 1. The van der Waals surface area contributed by atoms with Crippen molar-refractivity contribution in [1.82, 2.24) is 0 Å². The van der Waals surface area contributed by atoms with E-state index in [0.29, 0.717) is 24.0 Å². The van der Waals surface area contributed by atoms with Crippen LogP contribution in [-0.4, -0.2) is 11.9 Å². The van der Waals surface area contributed by atoms with Crippen molar-refractivity contribution in [2.24, 2.45) is 16.5 Å². The number of nitrogens with zero attached hydrogens (tertiary/aromatic N) is 2. The van der Waals surface area contributed by atoms with E-state index in [-0.39, 0.29) is 11.5 Å². The van der Waals surface area contributed by atoms with Crippen LogP contribution < -0.4 is 11.5 Å². The van der Waals surface area contributed by atoms with Gasteiger partial charge in [0.1, 0.15) is 11.9 Å². The summed E-state index contributed by atoms with van der Waals surface area (Å²) in [5.41, 5.74) is 14.2. The number of rotatable bonds is 2. The topological polar surface area (TPSA) is 105 Å². The molecule has 0 atom stereocenters. The Hall–Kier alpha value is -3.72. The molecule has 0 aliphatic heterocycles. The molecule has 0 saturated carbocycles. The number of benzene rings is 1.